The van der Waals surface area contributed by atoms with Gasteiger partial charge in [-0.2, -0.15) is 0 Å². The number of hydrogen-bond acceptors (Lipinski definition) is 6. The summed E-state index contributed by atoms with van der Waals surface area (Å²) in [6.45, 7) is 1.40. The second kappa shape index (κ2) is 17.5. The van der Waals surface area contributed by atoms with Crippen LogP contribution in [-0.2, 0) is 6.54 Å². The number of H-pyrrole nitrogens is 2. The Kier molecular flexibility index (Phi) is 10.2. The number of pyridine rings is 2. The molecular weight excluding hydrogens is 861 g/mol. The highest BCUT2D eigenvalue weighted by atomic mass is 16.5. The summed E-state index contributed by atoms with van der Waals surface area (Å²) in [5.74, 6) is 0.816. The molecule has 0 spiro atoms. The fourth-order valence-corrected chi connectivity index (χ4v) is 10.1. The third-order valence-electron chi connectivity index (χ3n) is 13.3. The first-order chi connectivity index (χ1) is 34.7. The number of hydrogen-bond donors (Lipinski definition) is 2. The quantitative estimate of drug-likeness (QED) is 0.104. The van der Waals surface area contributed by atoms with Gasteiger partial charge in [0, 0.05) is 74.0 Å². The Bertz CT molecular complexity index is 3980. The van der Waals surface area contributed by atoms with E-state index < -0.39 is 0 Å². The zero-order chi connectivity index (χ0) is 46.4. The van der Waals surface area contributed by atoms with Gasteiger partial charge < -0.3 is 19.3 Å². The van der Waals surface area contributed by atoms with Gasteiger partial charge in [-0.25, -0.2) is 15.0 Å². The Balaban J connectivity index is 0.885. The molecule has 0 fully saturated rings. The number of nitrogens with one attached hydrogen (secondary N) is 2. The Hall–Kier alpha value is -9.21. The summed E-state index contributed by atoms with van der Waals surface area (Å²) in [7, 11) is 0. The SMILES string of the molecule is C1=Cc2nc1c(-c1ccccc1)c1ccc([nH]1)c(-c1ccccc1)c1nc(c(-c3ccc(OCCCCn4cnc5c6cccnc6c6ncccc6c54)cc3)c3ccc([nH]3)c2-c2ccccc2)C=C1. The van der Waals surface area contributed by atoms with Crippen LogP contribution >= 0.6 is 0 Å². The molecule has 6 aromatic heterocycles. The molecule has 334 valence electrons. The van der Waals surface area contributed by atoms with Crippen molar-refractivity contribution in [1.29, 1.82) is 0 Å². The summed E-state index contributed by atoms with van der Waals surface area (Å²) in [4.78, 5) is 32.8. The van der Waals surface area contributed by atoms with Crippen molar-refractivity contribution in [1.82, 2.24) is 39.5 Å². The summed E-state index contributed by atoms with van der Waals surface area (Å²) in [5, 5.41) is 2.09. The molecule has 70 heavy (non-hydrogen) atoms. The molecular formula is C61H44N8O. The number of ether oxygens (including phenoxy) is 1. The smallest absolute Gasteiger partial charge is 0.119 e. The molecule has 0 radical (unpaired) electrons. The van der Waals surface area contributed by atoms with Crippen LogP contribution < -0.4 is 4.74 Å². The van der Waals surface area contributed by atoms with E-state index in [0.717, 1.165) is 147 Å². The standard InChI is InChI=1S/C61H44N8O/c1-4-14-39(15-5-1)54-46-26-28-48(65-46)55(40-16-6-2-7-17-40)50-30-32-52(67-50)57(53-33-31-51(68-53)56(41-18-8-3-9-19-41)49-29-27-47(54)66-49)42-22-24-43(25-23-42)70-37-11-10-36-69-38-64-60-44-20-12-34-62-58(44)59-45(61(60)69)21-13-35-63-59/h1-9,12-35,38,65,68H,10-11,36-37H2. The number of aromatic amines is 2. The lowest BCUT2D eigenvalue weighted by atomic mass is 10.0. The van der Waals surface area contributed by atoms with Crippen molar-refractivity contribution in [3.63, 3.8) is 0 Å². The normalized spacial score (nSPS) is 12.1. The highest BCUT2D eigenvalue weighted by Gasteiger charge is 2.20. The Morgan fingerprint density at radius 1 is 0.400 bits per heavy atom. The van der Waals surface area contributed by atoms with Crippen molar-refractivity contribution in [2.45, 2.75) is 19.4 Å². The van der Waals surface area contributed by atoms with Gasteiger partial charge >= 0.3 is 0 Å². The third kappa shape index (κ3) is 7.32. The minimum Gasteiger partial charge on any atom is -0.494 e. The molecule has 2 aliphatic rings. The molecule has 8 heterocycles. The van der Waals surface area contributed by atoms with Gasteiger partial charge in [0.1, 0.15) is 5.75 Å². The zero-order valence-corrected chi connectivity index (χ0v) is 38.0. The molecule has 2 aliphatic heterocycles. The molecule has 9 nitrogen and oxygen atoms in total. The van der Waals surface area contributed by atoms with Gasteiger partial charge in [0.2, 0.25) is 0 Å². The average Bonchev–Trinajstić information content (AvgIpc) is 4.30. The molecule has 0 amide bonds. The van der Waals surface area contributed by atoms with Gasteiger partial charge in [0.15, 0.2) is 0 Å². The van der Waals surface area contributed by atoms with Crippen LogP contribution in [0.15, 0.2) is 183 Å². The zero-order valence-electron chi connectivity index (χ0n) is 38.0. The number of nitrogens with zero attached hydrogens (tertiary/aromatic N) is 6. The highest BCUT2D eigenvalue weighted by molar-refractivity contribution is 6.20. The first kappa shape index (κ1) is 41.0. The molecule has 0 unspecified atom stereocenters. The molecule has 2 N–H and O–H groups in total. The fraction of sp³-hybridized carbons (Fsp3) is 0.0656. The minimum absolute atomic E-state index is 0.587. The molecule has 8 bridgehead atoms. The molecule has 9 heteroatoms. The van der Waals surface area contributed by atoms with Crippen LogP contribution in [0.4, 0.5) is 0 Å². The molecule has 13 rings (SSSR count). The largest absolute Gasteiger partial charge is 0.494 e. The van der Waals surface area contributed by atoms with Gasteiger partial charge in [0.25, 0.3) is 0 Å². The third-order valence-corrected chi connectivity index (χ3v) is 13.3. The first-order valence-corrected chi connectivity index (χ1v) is 23.7. The molecule has 0 saturated heterocycles. The Morgan fingerprint density at radius 3 is 1.33 bits per heavy atom. The monoisotopic (exact) mass is 904 g/mol. The lowest BCUT2D eigenvalue weighted by Gasteiger charge is -2.10. The number of fused-ring (bicyclic) bond motifs is 14. The highest BCUT2D eigenvalue weighted by Crippen LogP contribution is 2.39. The number of imidazole rings is 1. The van der Waals surface area contributed by atoms with E-state index in [1.54, 1.807) is 0 Å². The van der Waals surface area contributed by atoms with Crippen LogP contribution in [0.25, 0.3) is 124 Å². The molecule has 5 aromatic carbocycles. The average molecular weight is 905 g/mol. The number of aromatic nitrogens is 8. The number of unbranched alkanes of at least 4 members (excludes halogenated alkanes) is 1. The van der Waals surface area contributed by atoms with Gasteiger partial charge in [-0.05, 0) is 120 Å². The van der Waals surface area contributed by atoms with E-state index in [0.29, 0.717) is 6.61 Å². The van der Waals surface area contributed by atoms with E-state index in [-0.39, 0.29) is 0 Å². The van der Waals surface area contributed by atoms with E-state index in [1.165, 1.54) is 0 Å². The maximum Gasteiger partial charge on any atom is 0.119 e. The second-order valence-corrected chi connectivity index (χ2v) is 17.6. The van der Waals surface area contributed by atoms with E-state index in [9.17, 15) is 0 Å². The van der Waals surface area contributed by atoms with Crippen LogP contribution in [0.5, 0.6) is 5.75 Å². The van der Waals surface area contributed by atoms with E-state index in [4.69, 9.17) is 24.7 Å². The molecule has 0 aliphatic carbocycles. The van der Waals surface area contributed by atoms with Gasteiger partial charge in [-0.1, -0.05) is 103 Å². The Morgan fingerprint density at radius 2 is 0.843 bits per heavy atom. The van der Waals surface area contributed by atoms with E-state index >= 15 is 0 Å². The first-order valence-electron chi connectivity index (χ1n) is 23.7. The Labute approximate surface area is 403 Å². The van der Waals surface area contributed by atoms with E-state index in [1.807, 2.05) is 30.9 Å². The number of rotatable bonds is 10. The summed E-state index contributed by atoms with van der Waals surface area (Å²) >= 11 is 0. The van der Waals surface area contributed by atoms with Crippen molar-refractivity contribution in [3.05, 3.63) is 205 Å². The lowest BCUT2D eigenvalue weighted by molar-refractivity contribution is 0.303. The van der Waals surface area contributed by atoms with Crippen molar-refractivity contribution >= 4 is 79.2 Å². The molecule has 0 saturated carbocycles. The summed E-state index contributed by atoms with van der Waals surface area (Å²) in [6, 6.07) is 56.7. The molecule has 11 aromatic rings. The van der Waals surface area contributed by atoms with E-state index in [2.05, 4.69) is 195 Å². The fourth-order valence-electron chi connectivity index (χ4n) is 10.1. The summed E-state index contributed by atoms with van der Waals surface area (Å²) in [5.41, 5.74) is 19.4. The minimum atomic E-state index is 0.587. The van der Waals surface area contributed by atoms with Gasteiger partial charge in [0.05, 0.1) is 57.8 Å². The van der Waals surface area contributed by atoms with Crippen molar-refractivity contribution in [2.75, 3.05) is 6.61 Å². The molecule has 0 atom stereocenters. The second-order valence-electron chi connectivity index (χ2n) is 17.6. The number of benzene rings is 5. The van der Waals surface area contributed by atoms with Crippen molar-refractivity contribution in [2.24, 2.45) is 0 Å². The maximum absolute atomic E-state index is 6.39. The van der Waals surface area contributed by atoms with Crippen LogP contribution in [0, 0.1) is 0 Å². The van der Waals surface area contributed by atoms with Crippen LogP contribution in [0.2, 0.25) is 0 Å². The lowest BCUT2D eigenvalue weighted by Crippen LogP contribution is -2.02. The predicted molar refractivity (Wildman–Crippen MR) is 286 cm³/mol. The summed E-state index contributed by atoms with van der Waals surface area (Å²) < 4.78 is 8.64. The number of aryl methyl sites for hydroxylation is 1. The topological polar surface area (TPSA) is 110 Å². The van der Waals surface area contributed by atoms with Crippen LogP contribution in [0.1, 0.15) is 35.6 Å². The van der Waals surface area contributed by atoms with Crippen LogP contribution in [-0.4, -0.2) is 46.1 Å². The predicted octanol–water partition coefficient (Wildman–Crippen LogP) is 14.6. The van der Waals surface area contributed by atoms with Crippen molar-refractivity contribution in [3.8, 4) is 50.3 Å². The summed E-state index contributed by atoms with van der Waals surface area (Å²) in [6.07, 6.45) is 15.9. The van der Waals surface area contributed by atoms with Crippen molar-refractivity contribution < 1.29 is 4.74 Å². The van der Waals surface area contributed by atoms with Gasteiger partial charge in [-0.3, -0.25) is 9.97 Å². The van der Waals surface area contributed by atoms with Crippen LogP contribution in [0.3, 0.4) is 0 Å². The van der Waals surface area contributed by atoms with Gasteiger partial charge in [-0.15, -0.1) is 0 Å². The maximum atomic E-state index is 6.39.